The van der Waals surface area contributed by atoms with E-state index in [9.17, 15) is 18.0 Å². The zero-order valence-electron chi connectivity index (χ0n) is 25.2. The van der Waals surface area contributed by atoms with Crippen LogP contribution >= 0.6 is 0 Å². The lowest BCUT2D eigenvalue weighted by molar-refractivity contribution is -0.141. The summed E-state index contributed by atoms with van der Waals surface area (Å²) < 4.78 is 32.1. The van der Waals surface area contributed by atoms with E-state index in [1.54, 1.807) is 29.2 Å². The maximum absolute atomic E-state index is 13.9. The van der Waals surface area contributed by atoms with E-state index < -0.39 is 16.1 Å². The van der Waals surface area contributed by atoms with E-state index in [1.165, 1.54) is 4.31 Å². The Bertz CT molecular complexity index is 1410. The summed E-state index contributed by atoms with van der Waals surface area (Å²) in [5, 5.41) is 2.99. The minimum absolute atomic E-state index is 0.0785. The zero-order valence-corrected chi connectivity index (χ0v) is 26.1. The van der Waals surface area contributed by atoms with Gasteiger partial charge < -0.3 is 15.0 Å². The van der Waals surface area contributed by atoms with Crippen LogP contribution in [0.1, 0.15) is 50.3 Å². The molecule has 3 aromatic carbocycles. The molecule has 2 amide bonds. The highest BCUT2D eigenvalue weighted by atomic mass is 32.2. The van der Waals surface area contributed by atoms with Crippen molar-refractivity contribution in [3.05, 3.63) is 95.6 Å². The summed E-state index contributed by atoms with van der Waals surface area (Å²) in [6.45, 7) is 8.55. The van der Waals surface area contributed by atoms with Crippen LogP contribution in [0.3, 0.4) is 0 Å². The van der Waals surface area contributed by atoms with Gasteiger partial charge in [-0.1, -0.05) is 60.2 Å². The predicted molar refractivity (Wildman–Crippen MR) is 168 cm³/mol. The molecule has 226 valence electrons. The third kappa shape index (κ3) is 9.91. The molecule has 9 heteroatoms. The number of carbonyl (C=O) groups excluding carboxylic acids is 2. The van der Waals surface area contributed by atoms with Crippen molar-refractivity contribution < 1.29 is 22.7 Å². The van der Waals surface area contributed by atoms with Gasteiger partial charge in [-0.05, 0) is 69.5 Å². The van der Waals surface area contributed by atoms with E-state index >= 15 is 0 Å². The van der Waals surface area contributed by atoms with Crippen molar-refractivity contribution in [3.8, 4) is 5.75 Å². The van der Waals surface area contributed by atoms with E-state index in [4.69, 9.17) is 4.74 Å². The third-order valence-electron chi connectivity index (χ3n) is 6.73. The molecular weight excluding hydrogens is 550 g/mol. The molecule has 0 radical (unpaired) electrons. The second kappa shape index (κ2) is 15.4. The second-order valence-electron chi connectivity index (χ2n) is 10.7. The van der Waals surface area contributed by atoms with Crippen molar-refractivity contribution in [1.29, 1.82) is 0 Å². The molecule has 0 spiro atoms. The molecule has 0 bridgehead atoms. The van der Waals surface area contributed by atoms with Crippen molar-refractivity contribution in [2.45, 2.75) is 65.6 Å². The predicted octanol–water partition coefficient (Wildman–Crippen LogP) is 5.10. The van der Waals surface area contributed by atoms with Crippen LogP contribution in [0.15, 0.2) is 78.9 Å². The molecule has 0 aliphatic carbocycles. The van der Waals surface area contributed by atoms with Crippen molar-refractivity contribution in [2.75, 3.05) is 23.7 Å². The van der Waals surface area contributed by atoms with Crippen molar-refractivity contribution in [1.82, 2.24) is 10.2 Å². The largest absolute Gasteiger partial charge is 0.494 e. The molecule has 0 saturated heterocycles. The molecule has 1 atom stereocenters. The molecule has 0 saturated carbocycles. The molecule has 8 nitrogen and oxygen atoms in total. The van der Waals surface area contributed by atoms with E-state index in [2.05, 4.69) is 5.32 Å². The Morgan fingerprint density at radius 3 is 2.19 bits per heavy atom. The number of nitrogens with one attached hydrogen (secondary N) is 1. The van der Waals surface area contributed by atoms with Gasteiger partial charge in [0.25, 0.3) is 0 Å². The first-order valence-electron chi connectivity index (χ1n) is 14.4. The number of ether oxygens (including phenoxy) is 1. The molecule has 3 aromatic rings. The van der Waals surface area contributed by atoms with Crippen LogP contribution in [0.25, 0.3) is 0 Å². The van der Waals surface area contributed by atoms with Gasteiger partial charge in [0.2, 0.25) is 21.8 Å². The van der Waals surface area contributed by atoms with Crippen LogP contribution in [-0.2, 0) is 32.6 Å². The highest BCUT2D eigenvalue weighted by Gasteiger charge is 2.31. The van der Waals surface area contributed by atoms with Gasteiger partial charge in [0.05, 0.1) is 18.6 Å². The monoisotopic (exact) mass is 593 g/mol. The molecule has 0 aliphatic heterocycles. The van der Waals surface area contributed by atoms with Crippen molar-refractivity contribution in [3.63, 3.8) is 0 Å². The van der Waals surface area contributed by atoms with Crippen molar-refractivity contribution in [2.24, 2.45) is 0 Å². The van der Waals surface area contributed by atoms with Gasteiger partial charge in [-0.25, -0.2) is 8.42 Å². The molecule has 3 rings (SSSR count). The molecule has 1 N–H and O–H groups in total. The Balaban J connectivity index is 1.86. The Morgan fingerprint density at radius 1 is 0.929 bits per heavy atom. The molecule has 0 heterocycles. The van der Waals surface area contributed by atoms with E-state index in [0.29, 0.717) is 24.5 Å². The molecule has 0 fully saturated rings. The maximum Gasteiger partial charge on any atom is 0.243 e. The normalized spacial score (nSPS) is 12.0. The molecule has 1 unspecified atom stereocenters. The minimum Gasteiger partial charge on any atom is -0.494 e. The number of amides is 2. The molecule has 0 aromatic heterocycles. The number of carbonyl (C=O) groups is 2. The number of sulfonamides is 1. The van der Waals surface area contributed by atoms with Crippen LogP contribution in [-0.4, -0.2) is 56.6 Å². The fourth-order valence-electron chi connectivity index (χ4n) is 4.82. The topological polar surface area (TPSA) is 96.0 Å². The number of anilines is 1. The zero-order chi connectivity index (χ0) is 30.7. The average Bonchev–Trinajstić information content (AvgIpc) is 2.93. The SMILES string of the molecule is CCOc1ccc(N(CCCC(=O)N(Cc2cccc(C)c2)C(Cc2ccccc2)C(=O)NC(C)C)S(C)(=O)=O)cc1. The van der Waals surface area contributed by atoms with E-state index in [1.807, 2.05) is 82.3 Å². The smallest absolute Gasteiger partial charge is 0.243 e. The number of hydrogen-bond donors (Lipinski definition) is 1. The summed E-state index contributed by atoms with van der Waals surface area (Å²) in [5.74, 6) is 0.222. The van der Waals surface area contributed by atoms with Gasteiger partial charge in [0.15, 0.2) is 0 Å². The number of nitrogens with zero attached hydrogens (tertiary/aromatic N) is 2. The summed E-state index contributed by atoms with van der Waals surface area (Å²) >= 11 is 0. The Hall–Kier alpha value is -3.85. The van der Waals surface area contributed by atoms with Crippen LogP contribution in [0.4, 0.5) is 5.69 Å². The quantitative estimate of drug-likeness (QED) is 0.264. The van der Waals surface area contributed by atoms with Gasteiger partial charge in [-0.3, -0.25) is 13.9 Å². The number of benzene rings is 3. The number of rotatable bonds is 15. The Kier molecular flexibility index (Phi) is 12.0. The van der Waals surface area contributed by atoms with E-state index in [-0.39, 0.29) is 43.8 Å². The summed E-state index contributed by atoms with van der Waals surface area (Å²) in [4.78, 5) is 29.1. The molecular formula is C33H43N3O5S. The van der Waals surface area contributed by atoms with Crippen LogP contribution in [0.2, 0.25) is 0 Å². The highest BCUT2D eigenvalue weighted by Crippen LogP contribution is 2.23. The fourth-order valence-corrected chi connectivity index (χ4v) is 5.79. The van der Waals surface area contributed by atoms with Gasteiger partial charge in [-0.15, -0.1) is 0 Å². The lowest BCUT2D eigenvalue weighted by atomic mass is 10.0. The van der Waals surface area contributed by atoms with Gasteiger partial charge in [0.1, 0.15) is 11.8 Å². The summed E-state index contributed by atoms with van der Waals surface area (Å²) in [7, 11) is -3.60. The van der Waals surface area contributed by atoms with Crippen LogP contribution < -0.4 is 14.4 Å². The first-order valence-corrected chi connectivity index (χ1v) is 16.2. The van der Waals surface area contributed by atoms with Crippen LogP contribution in [0.5, 0.6) is 5.75 Å². The number of aryl methyl sites for hydroxylation is 1. The average molecular weight is 594 g/mol. The van der Waals surface area contributed by atoms with Gasteiger partial charge >= 0.3 is 0 Å². The molecule has 0 aliphatic rings. The van der Waals surface area contributed by atoms with Gasteiger partial charge in [-0.2, -0.15) is 0 Å². The highest BCUT2D eigenvalue weighted by molar-refractivity contribution is 7.92. The first-order chi connectivity index (χ1) is 20.0. The second-order valence-corrected chi connectivity index (χ2v) is 12.7. The lowest BCUT2D eigenvalue weighted by Crippen LogP contribution is -2.51. The van der Waals surface area contributed by atoms with E-state index in [0.717, 1.165) is 22.9 Å². The number of hydrogen-bond acceptors (Lipinski definition) is 5. The minimum atomic E-state index is -3.60. The summed E-state index contributed by atoms with van der Waals surface area (Å²) in [5.41, 5.74) is 3.43. The standard InChI is InChI=1S/C33H43N3O5S/c1-6-41-30-19-17-29(18-20-30)36(42(5,39)40)21-11-16-32(37)35(24-28-15-10-12-26(4)22-28)31(33(38)34-25(2)3)23-27-13-8-7-9-14-27/h7-10,12-15,17-20,22,25,31H,6,11,16,21,23-24H2,1-5H3,(H,34,38). The lowest BCUT2D eigenvalue weighted by Gasteiger charge is -2.32. The maximum atomic E-state index is 13.9. The summed E-state index contributed by atoms with van der Waals surface area (Å²) in [6, 6.07) is 23.6. The van der Waals surface area contributed by atoms with Crippen LogP contribution in [0, 0.1) is 6.92 Å². The fraction of sp³-hybridized carbons (Fsp3) is 0.394. The summed E-state index contributed by atoms with van der Waals surface area (Å²) in [6.07, 6.45) is 1.88. The first kappa shape index (κ1) is 32.7. The molecule has 42 heavy (non-hydrogen) atoms. The van der Waals surface area contributed by atoms with Gasteiger partial charge in [0, 0.05) is 32.0 Å². The Labute approximate surface area is 250 Å². The van der Waals surface area contributed by atoms with Crippen molar-refractivity contribution >= 4 is 27.5 Å². The Morgan fingerprint density at radius 2 is 1.60 bits per heavy atom. The third-order valence-corrected chi connectivity index (χ3v) is 7.92.